The van der Waals surface area contributed by atoms with Gasteiger partial charge >= 0.3 is 0 Å². The van der Waals surface area contributed by atoms with E-state index in [4.69, 9.17) is 0 Å². The van der Waals surface area contributed by atoms with Crippen molar-refractivity contribution in [3.05, 3.63) is 53.1 Å². The molecular formula is C17H23N3O. The Morgan fingerprint density at radius 1 is 1.33 bits per heavy atom. The van der Waals surface area contributed by atoms with Crippen LogP contribution in [0.25, 0.3) is 0 Å². The van der Waals surface area contributed by atoms with Crippen LogP contribution in [0.2, 0.25) is 0 Å². The number of carbonyl (C=O) groups excluding carboxylic acids is 1. The highest BCUT2D eigenvalue weighted by molar-refractivity contribution is 5.78. The van der Waals surface area contributed by atoms with Crippen molar-refractivity contribution in [1.82, 2.24) is 14.9 Å². The van der Waals surface area contributed by atoms with Gasteiger partial charge in [-0.25, -0.2) is 4.98 Å². The largest absolute Gasteiger partial charge is 0.349 e. The van der Waals surface area contributed by atoms with Crippen LogP contribution in [-0.2, 0) is 24.3 Å². The average molecular weight is 285 g/mol. The normalized spacial score (nSPS) is 10.6. The van der Waals surface area contributed by atoms with Gasteiger partial charge in [0.1, 0.15) is 5.82 Å². The number of benzene rings is 1. The standard InChI is InChI=1S/C17H23N3O/c1-4-8-20-9-7-18-16(20)12-19-17(21)11-15-10-13(2)5-6-14(15)3/h5-7,9-10H,4,8,11-12H2,1-3H3,(H,19,21). The predicted octanol–water partition coefficient (Wildman–Crippen LogP) is 2.77. The third kappa shape index (κ3) is 4.18. The molecule has 4 heteroatoms. The summed E-state index contributed by atoms with van der Waals surface area (Å²) in [6.07, 6.45) is 5.21. The van der Waals surface area contributed by atoms with E-state index in [2.05, 4.69) is 40.0 Å². The summed E-state index contributed by atoms with van der Waals surface area (Å²) >= 11 is 0. The van der Waals surface area contributed by atoms with E-state index in [1.807, 2.05) is 20.0 Å². The van der Waals surface area contributed by atoms with Crippen LogP contribution in [0.3, 0.4) is 0 Å². The second-order valence-corrected chi connectivity index (χ2v) is 5.42. The fourth-order valence-electron chi connectivity index (χ4n) is 2.36. The lowest BCUT2D eigenvalue weighted by Crippen LogP contribution is -2.26. The number of imidazole rings is 1. The van der Waals surface area contributed by atoms with Crippen LogP contribution in [0.5, 0.6) is 0 Å². The molecule has 0 saturated heterocycles. The quantitative estimate of drug-likeness (QED) is 0.887. The topological polar surface area (TPSA) is 46.9 Å². The number of nitrogens with one attached hydrogen (secondary N) is 1. The van der Waals surface area contributed by atoms with Crippen LogP contribution in [0.15, 0.2) is 30.6 Å². The van der Waals surface area contributed by atoms with Crippen LogP contribution in [0.4, 0.5) is 0 Å². The summed E-state index contributed by atoms with van der Waals surface area (Å²) in [4.78, 5) is 16.4. The predicted molar refractivity (Wildman–Crippen MR) is 84.0 cm³/mol. The molecule has 1 aromatic carbocycles. The van der Waals surface area contributed by atoms with Crippen molar-refractivity contribution >= 4 is 5.91 Å². The molecule has 21 heavy (non-hydrogen) atoms. The van der Waals surface area contributed by atoms with Crippen molar-refractivity contribution in [3.8, 4) is 0 Å². The van der Waals surface area contributed by atoms with Gasteiger partial charge in [0.05, 0.1) is 13.0 Å². The number of carbonyl (C=O) groups is 1. The second-order valence-electron chi connectivity index (χ2n) is 5.42. The fourth-order valence-corrected chi connectivity index (χ4v) is 2.36. The summed E-state index contributed by atoms with van der Waals surface area (Å²) in [5, 5.41) is 2.96. The molecule has 112 valence electrons. The molecule has 0 saturated carbocycles. The molecule has 0 aliphatic heterocycles. The smallest absolute Gasteiger partial charge is 0.224 e. The van der Waals surface area contributed by atoms with E-state index in [1.165, 1.54) is 5.56 Å². The van der Waals surface area contributed by atoms with Gasteiger partial charge in [0.2, 0.25) is 5.91 Å². The van der Waals surface area contributed by atoms with E-state index < -0.39 is 0 Å². The SMILES string of the molecule is CCCn1ccnc1CNC(=O)Cc1cc(C)ccc1C. The molecule has 0 bridgehead atoms. The number of aryl methyl sites for hydroxylation is 3. The molecule has 1 aromatic heterocycles. The number of nitrogens with zero attached hydrogens (tertiary/aromatic N) is 2. The minimum absolute atomic E-state index is 0.0368. The highest BCUT2D eigenvalue weighted by Gasteiger charge is 2.08. The van der Waals surface area contributed by atoms with Crippen LogP contribution >= 0.6 is 0 Å². The molecular weight excluding hydrogens is 262 g/mol. The molecule has 1 amide bonds. The zero-order chi connectivity index (χ0) is 15.2. The average Bonchev–Trinajstić information content (AvgIpc) is 2.88. The number of hydrogen-bond donors (Lipinski definition) is 1. The van der Waals surface area contributed by atoms with E-state index >= 15 is 0 Å². The molecule has 0 atom stereocenters. The number of aromatic nitrogens is 2. The number of rotatable bonds is 6. The summed E-state index contributed by atoms with van der Waals surface area (Å²) in [6, 6.07) is 6.21. The van der Waals surface area contributed by atoms with E-state index in [9.17, 15) is 4.79 Å². The molecule has 4 nitrogen and oxygen atoms in total. The Balaban J connectivity index is 1.93. The maximum atomic E-state index is 12.1. The Morgan fingerprint density at radius 2 is 2.14 bits per heavy atom. The number of amides is 1. The first-order valence-electron chi connectivity index (χ1n) is 7.43. The first-order chi connectivity index (χ1) is 10.1. The lowest BCUT2D eigenvalue weighted by molar-refractivity contribution is -0.120. The molecule has 0 radical (unpaired) electrons. The zero-order valence-electron chi connectivity index (χ0n) is 13.0. The highest BCUT2D eigenvalue weighted by atomic mass is 16.1. The van der Waals surface area contributed by atoms with E-state index in [-0.39, 0.29) is 5.91 Å². The second kappa shape index (κ2) is 7.07. The van der Waals surface area contributed by atoms with E-state index in [0.717, 1.165) is 29.9 Å². The number of hydrogen-bond acceptors (Lipinski definition) is 2. The third-order valence-corrected chi connectivity index (χ3v) is 3.57. The molecule has 0 fully saturated rings. The Hall–Kier alpha value is -2.10. The summed E-state index contributed by atoms with van der Waals surface area (Å²) in [5.41, 5.74) is 3.43. The fraction of sp³-hybridized carbons (Fsp3) is 0.412. The van der Waals surface area contributed by atoms with Crippen LogP contribution in [0, 0.1) is 13.8 Å². The van der Waals surface area contributed by atoms with Gasteiger partial charge < -0.3 is 9.88 Å². The Morgan fingerprint density at radius 3 is 2.90 bits per heavy atom. The monoisotopic (exact) mass is 285 g/mol. The van der Waals surface area contributed by atoms with Crippen molar-refractivity contribution < 1.29 is 4.79 Å². The van der Waals surface area contributed by atoms with Crippen molar-refractivity contribution in [2.24, 2.45) is 0 Å². The molecule has 0 unspecified atom stereocenters. The first-order valence-corrected chi connectivity index (χ1v) is 7.43. The highest BCUT2D eigenvalue weighted by Crippen LogP contribution is 2.11. The maximum absolute atomic E-state index is 12.1. The minimum atomic E-state index is 0.0368. The summed E-state index contributed by atoms with van der Waals surface area (Å²) in [7, 11) is 0. The van der Waals surface area contributed by atoms with Crippen LogP contribution < -0.4 is 5.32 Å². The van der Waals surface area contributed by atoms with Crippen molar-refractivity contribution in [2.45, 2.75) is 46.7 Å². The van der Waals surface area contributed by atoms with Crippen molar-refractivity contribution in [2.75, 3.05) is 0 Å². The molecule has 0 aliphatic carbocycles. The van der Waals surface area contributed by atoms with Gasteiger partial charge in [-0.2, -0.15) is 0 Å². The Bertz CT molecular complexity index is 616. The lowest BCUT2D eigenvalue weighted by atomic mass is 10.0. The Labute approximate surface area is 126 Å². The molecule has 0 aliphatic rings. The van der Waals surface area contributed by atoms with Gasteiger partial charge in [-0.15, -0.1) is 0 Å². The van der Waals surface area contributed by atoms with Gasteiger partial charge in [0.25, 0.3) is 0 Å². The summed E-state index contributed by atoms with van der Waals surface area (Å²) in [6.45, 7) is 7.63. The molecule has 2 aromatic rings. The van der Waals surface area contributed by atoms with Crippen molar-refractivity contribution in [3.63, 3.8) is 0 Å². The van der Waals surface area contributed by atoms with Gasteiger partial charge in [0.15, 0.2) is 0 Å². The third-order valence-electron chi connectivity index (χ3n) is 3.57. The zero-order valence-corrected chi connectivity index (χ0v) is 13.0. The minimum Gasteiger partial charge on any atom is -0.349 e. The molecule has 1 heterocycles. The maximum Gasteiger partial charge on any atom is 0.224 e. The van der Waals surface area contributed by atoms with Crippen LogP contribution in [-0.4, -0.2) is 15.5 Å². The van der Waals surface area contributed by atoms with Crippen molar-refractivity contribution in [1.29, 1.82) is 0 Å². The van der Waals surface area contributed by atoms with Gasteiger partial charge in [-0.1, -0.05) is 30.7 Å². The van der Waals surface area contributed by atoms with E-state index in [1.54, 1.807) is 6.20 Å². The lowest BCUT2D eigenvalue weighted by Gasteiger charge is -2.09. The van der Waals surface area contributed by atoms with Crippen LogP contribution in [0.1, 0.15) is 35.9 Å². The Kier molecular flexibility index (Phi) is 5.14. The van der Waals surface area contributed by atoms with E-state index in [0.29, 0.717) is 13.0 Å². The van der Waals surface area contributed by atoms with Gasteiger partial charge in [-0.3, -0.25) is 4.79 Å². The van der Waals surface area contributed by atoms with Gasteiger partial charge in [-0.05, 0) is 31.4 Å². The molecule has 0 spiro atoms. The van der Waals surface area contributed by atoms with Gasteiger partial charge in [0, 0.05) is 18.9 Å². The first kappa shape index (κ1) is 15.3. The molecule has 2 rings (SSSR count). The summed E-state index contributed by atoms with van der Waals surface area (Å²) < 4.78 is 2.08. The molecule has 1 N–H and O–H groups in total. The summed E-state index contributed by atoms with van der Waals surface area (Å²) in [5.74, 6) is 0.945.